The smallest absolute Gasteiger partial charge is 0.262 e. The number of aryl methyl sites for hydroxylation is 1. The van der Waals surface area contributed by atoms with Gasteiger partial charge in [0.2, 0.25) is 0 Å². The van der Waals surface area contributed by atoms with Crippen molar-refractivity contribution in [2.75, 3.05) is 5.32 Å². The molecule has 1 aliphatic carbocycles. The fourth-order valence-corrected chi connectivity index (χ4v) is 2.77. The van der Waals surface area contributed by atoms with Gasteiger partial charge in [0.1, 0.15) is 34.8 Å². The zero-order valence-electron chi connectivity index (χ0n) is 12.1. The number of aliphatic hydroxyl groups excluding tert-OH is 1. The van der Waals surface area contributed by atoms with Gasteiger partial charge in [-0.1, -0.05) is 6.07 Å². The molecule has 3 aromatic rings. The highest BCUT2D eigenvalue weighted by Gasteiger charge is 2.28. The topological polar surface area (TPSA) is 92.4 Å². The van der Waals surface area contributed by atoms with E-state index in [0.29, 0.717) is 24.4 Å². The van der Waals surface area contributed by atoms with Gasteiger partial charge < -0.3 is 14.8 Å². The molecule has 1 aliphatic rings. The van der Waals surface area contributed by atoms with Crippen LogP contribution in [0.15, 0.2) is 48.7 Å². The number of amides is 1. The molecule has 0 saturated heterocycles. The maximum atomic E-state index is 12.6. The minimum absolute atomic E-state index is 0.0486. The number of hydrogen-bond donors (Lipinski definition) is 2. The van der Waals surface area contributed by atoms with Crippen molar-refractivity contribution in [3.63, 3.8) is 0 Å². The summed E-state index contributed by atoms with van der Waals surface area (Å²) in [5.74, 6) is -0.000735. The second-order valence-corrected chi connectivity index (χ2v) is 5.21. The van der Waals surface area contributed by atoms with Crippen LogP contribution < -0.4 is 5.32 Å². The summed E-state index contributed by atoms with van der Waals surface area (Å²) in [5, 5.41) is 12.9. The number of hydrogen-bond acceptors (Lipinski definition) is 5. The molecule has 3 heterocycles. The van der Waals surface area contributed by atoms with E-state index in [-0.39, 0.29) is 11.3 Å². The first-order valence-corrected chi connectivity index (χ1v) is 7.20. The molecular weight excluding hydrogens is 294 g/mol. The van der Waals surface area contributed by atoms with Crippen LogP contribution in [0.5, 0.6) is 0 Å². The Morgan fingerprint density at radius 1 is 1.26 bits per heavy atom. The number of carbonyl (C=O) groups excluding carboxylic acids is 1. The minimum atomic E-state index is -0.425. The summed E-state index contributed by atoms with van der Waals surface area (Å²) in [6, 6.07) is 7.25. The van der Waals surface area contributed by atoms with Crippen molar-refractivity contribution in [2.45, 2.75) is 12.8 Å². The van der Waals surface area contributed by atoms with Gasteiger partial charge in [-0.3, -0.25) is 4.79 Å². The number of allylic oxidation sites excluding steroid dienone is 1. The third kappa shape index (κ3) is 2.22. The summed E-state index contributed by atoms with van der Waals surface area (Å²) in [6.45, 7) is 0. The lowest BCUT2D eigenvalue weighted by molar-refractivity contribution is -0.111. The van der Waals surface area contributed by atoms with E-state index in [1.807, 2.05) is 28.8 Å². The minimum Gasteiger partial charge on any atom is -0.511 e. The number of nitrogens with zero attached hydrogens (tertiary/aromatic N) is 4. The monoisotopic (exact) mass is 307 g/mol. The van der Waals surface area contributed by atoms with Crippen molar-refractivity contribution >= 4 is 22.9 Å². The van der Waals surface area contributed by atoms with Gasteiger partial charge in [-0.05, 0) is 24.6 Å². The third-order valence-electron chi connectivity index (χ3n) is 3.80. The summed E-state index contributed by atoms with van der Waals surface area (Å²) < 4.78 is 1.94. The Kier molecular flexibility index (Phi) is 3.04. The number of imidazole rings is 1. The van der Waals surface area contributed by atoms with Crippen molar-refractivity contribution in [3.05, 3.63) is 60.1 Å². The Balaban J connectivity index is 1.78. The Morgan fingerprint density at radius 3 is 3.00 bits per heavy atom. The molecule has 7 heteroatoms. The molecule has 0 aliphatic heterocycles. The number of anilines is 1. The average molecular weight is 307 g/mol. The number of rotatable bonds is 2. The molecule has 0 saturated carbocycles. The molecule has 114 valence electrons. The number of nitrogens with one attached hydrogen (secondary N) is 1. The number of carbonyl (C=O) groups is 1. The summed E-state index contributed by atoms with van der Waals surface area (Å²) in [5.41, 5.74) is 2.39. The summed E-state index contributed by atoms with van der Waals surface area (Å²) in [6.07, 6.45) is 5.83. The maximum Gasteiger partial charge on any atom is 0.262 e. The van der Waals surface area contributed by atoms with Gasteiger partial charge in [-0.15, -0.1) is 0 Å². The number of aliphatic hydroxyl groups is 1. The van der Waals surface area contributed by atoms with Crippen LogP contribution in [0, 0.1) is 0 Å². The van der Waals surface area contributed by atoms with E-state index in [9.17, 15) is 9.90 Å². The molecular formula is C16H13N5O2. The highest BCUT2D eigenvalue weighted by molar-refractivity contribution is 6.25. The molecule has 0 aromatic carbocycles. The fraction of sp³-hybridized carbons (Fsp3) is 0.125. The van der Waals surface area contributed by atoms with Crippen molar-refractivity contribution in [2.24, 2.45) is 0 Å². The first-order chi connectivity index (χ1) is 11.2. The number of fused-ring (bicyclic) bond motifs is 3. The summed E-state index contributed by atoms with van der Waals surface area (Å²) in [4.78, 5) is 24.8. The van der Waals surface area contributed by atoms with Crippen LogP contribution in [0.4, 0.5) is 5.82 Å². The standard InChI is InChI=1S/C16H13N5O2/c22-11-5-4-10-15(20-13-3-1-2-8-21(10)13)14(11)16(23)19-12-6-7-17-9-18-12/h1-3,6-9,22H,4-5H2,(H,17,18,19,23). The SMILES string of the molecule is O=C(Nc1ccncn1)C1=C(O)CCc2c1nc1ccccn21. The van der Waals surface area contributed by atoms with Crippen molar-refractivity contribution in [1.82, 2.24) is 19.4 Å². The van der Waals surface area contributed by atoms with Crippen LogP contribution in [0.1, 0.15) is 17.8 Å². The lowest BCUT2D eigenvalue weighted by atomic mass is 9.97. The van der Waals surface area contributed by atoms with Gasteiger partial charge in [0.15, 0.2) is 0 Å². The van der Waals surface area contributed by atoms with Gasteiger partial charge in [0.25, 0.3) is 5.91 Å². The second kappa shape index (κ2) is 5.20. The molecule has 2 N–H and O–H groups in total. The molecule has 7 nitrogen and oxygen atoms in total. The lowest BCUT2D eigenvalue weighted by Gasteiger charge is -2.16. The van der Waals surface area contributed by atoms with Crippen LogP contribution >= 0.6 is 0 Å². The van der Waals surface area contributed by atoms with E-state index in [1.165, 1.54) is 12.5 Å². The zero-order valence-corrected chi connectivity index (χ0v) is 12.1. The largest absolute Gasteiger partial charge is 0.511 e. The summed E-state index contributed by atoms with van der Waals surface area (Å²) in [7, 11) is 0. The van der Waals surface area contributed by atoms with Gasteiger partial charge in [-0.2, -0.15) is 0 Å². The highest BCUT2D eigenvalue weighted by atomic mass is 16.3. The predicted octanol–water partition coefficient (Wildman–Crippen LogP) is 1.98. The van der Waals surface area contributed by atoms with Crippen LogP contribution in [0.2, 0.25) is 0 Å². The lowest BCUT2D eigenvalue weighted by Crippen LogP contribution is -2.20. The van der Waals surface area contributed by atoms with E-state index < -0.39 is 5.91 Å². The molecule has 0 unspecified atom stereocenters. The Bertz CT molecular complexity index is 930. The third-order valence-corrected chi connectivity index (χ3v) is 3.80. The highest BCUT2D eigenvalue weighted by Crippen LogP contribution is 2.31. The zero-order chi connectivity index (χ0) is 15.8. The molecule has 0 atom stereocenters. The van der Waals surface area contributed by atoms with Crippen LogP contribution in [-0.2, 0) is 11.2 Å². The average Bonchev–Trinajstić information content (AvgIpc) is 2.93. The molecule has 0 bridgehead atoms. The van der Waals surface area contributed by atoms with Crippen LogP contribution in [0.3, 0.4) is 0 Å². The van der Waals surface area contributed by atoms with Gasteiger partial charge in [0.05, 0.1) is 5.69 Å². The number of aromatic nitrogens is 4. The van der Waals surface area contributed by atoms with E-state index >= 15 is 0 Å². The Labute approximate surface area is 131 Å². The number of pyridine rings is 1. The molecule has 3 aromatic heterocycles. The van der Waals surface area contributed by atoms with E-state index in [0.717, 1.165) is 11.3 Å². The first kappa shape index (κ1) is 13.4. The molecule has 23 heavy (non-hydrogen) atoms. The Morgan fingerprint density at radius 2 is 2.17 bits per heavy atom. The second-order valence-electron chi connectivity index (χ2n) is 5.21. The molecule has 0 spiro atoms. The maximum absolute atomic E-state index is 12.6. The van der Waals surface area contributed by atoms with Gasteiger partial charge in [-0.25, -0.2) is 15.0 Å². The molecule has 0 radical (unpaired) electrons. The normalized spacial score (nSPS) is 13.9. The van der Waals surface area contributed by atoms with E-state index in [1.54, 1.807) is 6.07 Å². The Hall–Kier alpha value is -3.22. The van der Waals surface area contributed by atoms with Crippen molar-refractivity contribution in [1.29, 1.82) is 0 Å². The van der Waals surface area contributed by atoms with Crippen molar-refractivity contribution in [3.8, 4) is 0 Å². The first-order valence-electron chi connectivity index (χ1n) is 7.20. The molecule has 4 rings (SSSR count). The van der Waals surface area contributed by atoms with Gasteiger partial charge in [0, 0.05) is 18.8 Å². The summed E-state index contributed by atoms with van der Waals surface area (Å²) >= 11 is 0. The van der Waals surface area contributed by atoms with E-state index in [4.69, 9.17) is 0 Å². The van der Waals surface area contributed by atoms with E-state index in [2.05, 4.69) is 20.3 Å². The van der Waals surface area contributed by atoms with Crippen LogP contribution in [0.25, 0.3) is 11.2 Å². The predicted molar refractivity (Wildman–Crippen MR) is 83.7 cm³/mol. The fourth-order valence-electron chi connectivity index (χ4n) is 2.77. The van der Waals surface area contributed by atoms with Crippen LogP contribution in [-0.4, -0.2) is 30.4 Å². The quantitative estimate of drug-likeness (QED) is 0.755. The van der Waals surface area contributed by atoms with Gasteiger partial charge >= 0.3 is 0 Å². The molecule has 1 amide bonds. The van der Waals surface area contributed by atoms with Crippen molar-refractivity contribution < 1.29 is 9.90 Å². The molecule has 0 fully saturated rings.